The lowest BCUT2D eigenvalue weighted by Crippen LogP contribution is -2.38. The van der Waals surface area contributed by atoms with E-state index in [1.807, 2.05) is 66.7 Å². The Hall–Kier alpha value is -2.85. The molecule has 3 rings (SSSR count). The zero-order valence-electron chi connectivity index (χ0n) is 16.6. The van der Waals surface area contributed by atoms with Gasteiger partial charge in [-0.25, -0.2) is 0 Å². The van der Waals surface area contributed by atoms with Gasteiger partial charge in [0.15, 0.2) is 6.10 Å². The second-order valence-corrected chi connectivity index (χ2v) is 7.35. The van der Waals surface area contributed by atoms with Crippen molar-refractivity contribution < 1.29 is 14.6 Å². The summed E-state index contributed by atoms with van der Waals surface area (Å²) in [5.74, 6) is 0.830. The highest BCUT2D eigenvalue weighted by Crippen LogP contribution is 2.22. The van der Waals surface area contributed by atoms with Gasteiger partial charge in [0.1, 0.15) is 5.75 Å². The first-order chi connectivity index (χ1) is 13.4. The van der Waals surface area contributed by atoms with E-state index in [2.05, 4.69) is 19.2 Å². The van der Waals surface area contributed by atoms with Gasteiger partial charge < -0.3 is 15.2 Å². The van der Waals surface area contributed by atoms with E-state index in [0.29, 0.717) is 11.7 Å². The summed E-state index contributed by atoms with van der Waals surface area (Å²) in [7, 11) is 0. The molecule has 3 aromatic carbocycles. The fraction of sp³-hybridized carbons (Fsp3) is 0.292. The maximum absolute atomic E-state index is 12.3. The average Bonchev–Trinajstić information content (AvgIpc) is 2.71. The summed E-state index contributed by atoms with van der Waals surface area (Å²) < 4.78 is 5.77. The molecule has 0 aromatic heterocycles. The largest absolute Gasteiger partial charge is 0.481 e. The number of carbonyl (C=O) groups excluding carboxylic acids is 1. The predicted octanol–water partition coefficient (Wildman–Crippen LogP) is 4.58. The third-order valence-corrected chi connectivity index (χ3v) is 4.86. The Labute approximate surface area is 166 Å². The molecule has 3 aromatic rings. The highest BCUT2D eigenvalue weighted by molar-refractivity contribution is 5.84. The first-order valence-corrected chi connectivity index (χ1v) is 9.65. The van der Waals surface area contributed by atoms with Crippen LogP contribution in [0.1, 0.15) is 43.9 Å². The first kappa shape index (κ1) is 19.9. The van der Waals surface area contributed by atoms with Crippen LogP contribution in [0.25, 0.3) is 10.8 Å². The number of ether oxygens (including phenoxy) is 1. The third-order valence-electron chi connectivity index (χ3n) is 4.86. The molecule has 0 radical (unpaired) electrons. The SMILES string of the molecule is CC(Oc1ccc2ccccc2c1)C(=O)NCC(O)c1ccc(C(C)C)cc1. The van der Waals surface area contributed by atoms with E-state index in [-0.39, 0.29) is 12.5 Å². The minimum Gasteiger partial charge on any atom is -0.481 e. The molecule has 0 aliphatic rings. The normalized spacial score (nSPS) is 13.3. The fourth-order valence-electron chi connectivity index (χ4n) is 3.06. The van der Waals surface area contributed by atoms with Crippen LogP contribution in [-0.4, -0.2) is 23.7 Å². The van der Waals surface area contributed by atoms with Crippen LogP contribution in [0.15, 0.2) is 66.7 Å². The Morgan fingerprint density at radius 1 is 0.929 bits per heavy atom. The fourth-order valence-corrected chi connectivity index (χ4v) is 3.06. The van der Waals surface area contributed by atoms with Crippen molar-refractivity contribution >= 4 is 16.7 Å². The number of amides is 1. The zero-order chi connectivity index (χ0) is 20.1. The van der Waals surface area contributed by atoms with E-state index in [4.69, 9.17) is 4.74 Å². The maximum Gasteiger partial charge on any atom is 0.260 e. The molecule has 0 aliphatic heterocycles. The standard InChI is InChI=1S/C24H27NO3/c1-16(2)18-8-10-20(11-9-18)23(26)15-25-24(27)17(3)28-22-13-12-19-6-4-5-7-21(19)14-22/h4-14,16-17,23,26H,15H2,1-3H3,(H,25,27). The molecule has 2 N–H and O–H groups in total. The van der Waals surface area contributed by atoms with Crippen molar-refractivity contribution in [3.05, 3.63) is 77.9 Å². The van der Waals surface area contributed by atoms with Gasteiger partial charge in [-0.05, 0) is 46.9 Å². The molecule has 0 bridgehead atoms. The Morgan fingerprint density at radius 2 is 1.57 bits per heavy atom. The number of hydrogen-bond acceptors (Lipinski definition) is 3. The summed E-state index contributed by atoms with van der Waals surface area (Å²) in [6.07, 6.45) is -1.41. The summed E-state index contributed by atoms with van der Waals surface area (Å²) in [5, 5.41) is 15.3. The van der Waals surface area contributed by atoms with Crippen LogP contribution in [0.5, 0.6) is 5.75 Å². The van der Waals surface area contributed by atoms with E-state index in [1.165, 1.54) is 5.56 Å². The van der Waals surface area contributed by atoms with Crippen LogP contribution in [0.4, 0.5) is 0 Å². The molecule has 2 atom stereocenters. The molecule has 0 saturated heterocycles. The molecule has 0 aliphatic carbocycles. The van der Waals surface area contributed by atoms with Crippen LogP contribution in [0, 0.1) is 0 Å². The summed E-state index contributed by atoms with van der Waals surface area (Å²) in [4.78, 5) is 12.3. The molecule has 146 valence electrons. The number of nitrogens with one attached hydrogen (secondary N) is 1. The summed E-state index contributed by atoms with van der Waals surface area (Å²) in [6, 6.07) is 21.6. The van der Waals surface area contributed by atoms with Gasteiger partial charge >= 0.3 is 0 Å². The van der Waals surface area contributed by atoms with E-state index in [1.54, 1.807) is 6.92 Å². The Balaban J connectivity index is 1.54. The Bertz CT molecular complexity index is 934. The van der Waals surface area contributed by atoms with Crippen LogP contribution in [0.2, 0.25) is 0 Å². The molecule has 4 heteroatoms. The van der Waals surface area contributed by atoms with Crippen molar-refractivity contribution in [3.8, 4) is 5.75 Å². The minimum atomic E-state index is -0.752. The number of carbonyl (C=O) groups is 1. The monoisotopic (exact) mass is 377 g/mol. The van der Waals surface area contributed by atoms with Crippen molar-refractivity contribution in [3.63, 3.8) is 0 Å². The van der Waals surface area contributed by atoms with Crippen molar-refractivity contribution in [1.82, 2.24) is 5.32 Å². The first-order valence-electron chi connectivity index (χ1n) is 9.65. The maximum atomic E-state index is 12.3. The predicted molar refractivity (Wildman–Crippen MR) is 113 cm³/mol. The van der Waals surface area contributed by atoms with Crippen molar-refractivity contribution in [1.29, 1.82) is 0 Å². The van der Waals surface area contributed by atoms with Crippen molar-refractivity contribution in [2.24, 2.45) is 0 Å². The number of aliphatic hydroxyl groups excluding tert-OH is 1. The molecule has 28 heavy (non-hydrogen) atoms. The van der Waals surface area contributed by atoms with Crippen LogP contribution >= 0.6 is 0 Å². The highest BCUT2D eigenvalue weighted by atomic mass is 16.5. The van der Waals surface area contributed by atoms with Gasteiger partial charge in [-0.1, -0.05) is 68.4 Å². The molecule has 1 amide bonds. The van der Waals surface area contributed by atoms with Gasteiger partial charge in [-0.15, -0.1) is 0 Å². The molecule has 0 saturated carbocycles. The lowest BCUT2D eigenvalue weighted by molar-refractivity contribution is -0.127. The molecule has 0 spiro atoms. The lowest BCUT2D eigenvalue weighted by Gasteiger charge is -2.17. The lowest BCUT2D eigenvalue weighted by atomic mass is 10.00. The van der Waals surface area contributed by atoms with E-state index < -0.39 is 12.2 Å². The van der Waals surface area contributed by atoms with E-state index in [9.17, 15) is 9.90 Å². The number of aliphatic hydroxyl groups is 1. The number of hydrogen-bond donors (Lipinski definition) is 2. The minimum absolute atomic E-state index is 0.144. The highest BCUT2D eigenvalue weighted by Gasteiger charge is 2.17. The zero-order valence-corrected chi connectivity index (χ0v) is 16.6. The molecule has 4 nitrogen and oxygen atoms in total. The quantitative estimate of drug-likeness (QED) is 0.634. The molecule has 2 unspecified atom stereocenters. The molecular weight excluding hydrogens is 350 g/mol. The van der Waals surface area contributed by atoms with Gasteiger partial charge in [-0.2, -0.15) is 0 Å². The third kappa shape index (κ3) is 4.90. The Morgan fingerprint density at radius 3 is 2.25 bits per heavy atom. The summed E-state index contributed by atoms with van der Waals surface area (Å²) in [6.45, 7) is 6.10. The smallest absolute Gasteiger partial charge is 0.260 e. The van der Waals surface area contributed by atoms with Crippen molar-refractivity contribution in [2.45, 2.75) is 38.9 Å². The molecule has 0 heterocycles. The average molecular weight is 377 g/mol. The molecular formula is C24H27NO3. The second-order valence-electron chi connectivity index (χ2n) is 7.35. The van der Waals surface area contributed by atoms with Crippen LogP contribution in [-0.2, 0) is 4.79 Å². The van der Waals surface area contributed by atoms with E-state index >= 15 is 0 Å². The van der Waals surface area contributed by atoms with Gasteiger partial charge in [0.05, 0.1) is 6.10 Å². The summed E-state index contributed by atoms with van der Waals surface area (Å²) >= 11 is 0. The molecule has 0 fully saturated rings. The second kappa shape index (κ2) is 8.89. The Kier molecular flexibility index (Phi) is 6.32. The number of rotatable bonds is 7. The van der Waals surface area contributed by atoms with Crippen molar-refractivity contribution in [2.75, 3.05) is 6.54 Å². The van der Waals surface area contributed by atoms with Crippen LogP contribution < -0.4 is 10.1 Å². The van der Waals surface area contributed by atoms with Gasteiger partial charge in [-0.3, -0.25) is 4.79 Å². The number of benzene rings is 3. The number of fused-ring (bicyclic) bond motifs is 1. The van der Waals surface area contributed by atoms with Crippen LogP contribution in [0.3, 0.4) is 0 Å². The van der Waals surface area contributed by atoms with Gasteiger partial charge in [0, 0.05) is 6.54 Å². The van der Waals surface area contributed by atoms with Gasteiger partial charge in [0.2, 0.25) is 0 Å². The van der Waals surface area contributed by atoms with Gasteiger partial charge in [0.25, 0.3) is 5.91 Å². The topological polar surface area (TPSA) is 58.6 Å². The summed E-state index contributed by atoms with van der Waals surface area (Å²) in [5.41, 5.74) is 2.00. The van der Waals surface area contributed by atoms with E-state index in [0.717, 1.165) is 16.3 Å².